The minimum absolute atomic E-state index is 0.177. The third-order valence-corrected chi connectivity index (χ3v) is 4.05. The molecule has 0 heterocycles. The maximum Gasteiger partial charge on any atom is 0.304 e. The summed E-state index contributed by atoms with van der Waals surface area (Å²) in [6, 6.07) is 4.82. The Balaban J connectivity index is 2.91. The van der Waals surface area contributed by atoms with Gasteiger partial charge in [-0.15, -0.1) is 0 Å². The molecule has 0 spiro atoms. The lowest BCUT2D eigenvalue weighted by Crippen LogP contribution is -2.20. The Morgan fingerprint density at radius 1 is 1.24 bits per heavy atom. The van der Waals surface area contributed by atoms with Gasteiger partial charge in [0.15, 0.2) is 0 Å². The first-order valence-corrected chi connectivity index (χ1v) is 8.02. The molecule has 1 aromatic rings. The van der Waals surface area contributed by atoms with E-state index in [1.165, 1.54) is 0 Å². The number of carboxylic acids is 1. The van der Waals surface area contributed by atoms with Gasteiger partial charge >= 0.3 is 5.97 Å². The summed E-state index contributed by atoms with van der Waals surface area (Å²) in [7, 11) is -3.75. The van der Waals surface area contributed by atoms with Gasteiger partial charge in [-0.1, -0.05) is 13.0 Å². The number of benzene rings is 1. The SMILES string of the molecule is CCC(=O)Nc1cccc(NS(=O)(=O)CCC(=O)O)c1C. The summed E-state index contributed by atoms with van der Waals surface area (Å²) in [5, 5.41) is 11.2. The zero-order valence-corrected chi connectivity index (χ0v) is 12.7. The van der Waals surface area contributed by atoms with Gasteiger partial charge in [-0.3, -0.25) is 14.3 Å². The number of rotatable bonds is 7. The second kappa shape index (κ2) is 7.07. The lowest BCUT2D eigenvalue weighted by Gasteiger charge is -2.14. The number of nitrogens with one attached hydrogen (secondary N) is 2. The van der Waals surface area contributed by atoms with E-state index in [0.717, 1.165) is 0 Å². The van der Waals surface area contributed by atoms with E-state index < -0.39 is 28.2 Å². The standard InChI is InChI=1S/C13H18N2O5S/c1-3-12(16)14-10-5-4-6-11(9(10)2)15-21(19,20)8-7-13(17)18/h4-6,15H,3,7-8H2,1-2H3,(H,14,16)(H,17,18). The molecular formula is C13H18N2O5S. The Bertz CT molecular complexity index is 640. The molecule has 0 fully saturated rings. The quantitative estimate of drug-likeness (QED) is 0.707. The number of carbonyl (C=O) groups excluding carboxylic acids is 1. The minimum atomic E-state index is -3.75. The summed E-state index contributed by atoms with van der Waals surface area (Å²) in [5.41, 5.74) is 1.40. The van der Waals surface area contributed by atoms with E-state index in [1.807, 2.05) is 0 Å². The average Bonchev–Trinajstić information content (AvgIpc) is 2.41. The van der Waals surface area contributed by atoms with E-state index in [1.54, 1.807) is 32.0 Å². The Hall–Kier alpha value is -2.09. The highest BCUT2D eigenvalue weighted by atomic mass is 32.2. The summed E-state index contributed by atoms with van der Waals surface area (Å²) in [6.07, 6.45) is -0.158. The van der Waals surface area contributed by atoms with E-state index in [9.17, 15) is 18.0 Å². The van der Waals surface area contributed by atoms with Crippen molar-refractivity contribution in [1.29, 1.82) is 0 Å². The van der Waals surface area contributed by atoms with Gasteiger partial charge < -0.3 is 10.4 Å². The van der Waals surface area contributed by atoms with Crippen molar-refractivity contribution in [2.24, 2.45) is 0 Å². The second-order valence-corrected chi connectivity index (χ2v) is 6.29. The molecule has 3 N–H and O–H groups in total. The number of carboxylic acid groups (broad SMARTS) is 1. The molecule has 0 aliphatic rings. The monoisotopic (exact) mass is 314 g/mol. The van der Waals surface area contributed by atoms with Crippen LogP contribution >= 0.6 is 0 Å². The van der Waals surface area contributed by atoms with Gasteiger partial charge in [0.25, 0.3) is 0 Å². The van der Waals surface area contributed by atoms with Gasteiger partial charge in [0.1, 0.15) is 0 Å². The van der Waals surface area contributed by atoms with Gasteiger partial charge in [0, 0.05) is 12.1 Å². The molecule has 1 amide bonds. The fourth-order valence-corrected chi connectivity index (χ4v) is 2.66. The van der Waals surface area contributed by atoms with E-state index in [4.69, 9.17) is 5.11 Å². The summed E-state index contributed by atoms with van der Waals surface area (Å²) in [4.78, 5) is 21.8. The molecule has 0 aliphatic carbocycles. The van der Waals surface area contributed by atoms with Crippen LogP contribution in [0.2, 0.25) is 0 Å². The fraction of sp³-hybridized carbons (Fsp3) is 0.385. The van der Waals surface area contributed by atoms with E-state index in [2.05, 4.69) is 10.0 Å². The first kappa shape index (κ1) is 17.0. The molecule has 0 radical (unpaired) electrons. The summed E-state index contributed by atoms with van der Waals surface area (Å²) in [6.45, 7) is 3.38. The van der Waals surface area contributed by atoms with Gasteiger partial charge in [0.05, 0.1) is 17.9 Å². The molecular weight excluding hydrogens is 296 g/mol. The molecule has 7 nitrogen and oxygen atoms in total. The Morgan fingerprint density at radius 3 is 2.43 bits per heavy atom. The Labute approximate surface area is 123 Å². The molecule has 1 rings (SSSR count). The Morgan fingerprint density at radius 2 is 1.86 bits per heavy atom. The zero-order valence-electron chi connectivity index (χ0n) is 11.8. The van der Waals surface area contributed by atoms with Crippen molar-refractivity contribution in [2.45, 2.75) is 26.7 Å². The molecule has 0 saturated carbocycles. The first-order valence-electron chi connectivity index (χ1n) is 6.37. The van der Waals surface area contributed by atoms with Crippen LogP contribution in [0.1, 0.15) is 25.3 Å². The molecule has 0 unspecified atom stereocenters. The molecule has 0 bridgehead atoms. The van der Waals surface area contributed by atoms with Crippen LogP contribution in [0.4, 0.5) is 11.4 Å². The lowest BCUT2D eigenvalue weighted by molar-refractivity contribution is -0.136. The van der Waals surface area contributed by atoms with Gasteiger partial charge in [-0.2, -0.15) is 0 Å². The minimum Gasteiger partial charge on any atom is -0.481 e. The summed E-state index contributed by atoms with van der Waals surface area (Å²) >= 11 is 0. The van der Waals surface area contributed by atoms with Crippen molar-refractivity contribution in [3.05, 3.63) is 23.8 Å². The Kier molecular flexibility index (Phi) is 5.71. The molecule has 0 aromatic heterocycles. The smallest absolute Gasteiger partial charge is 0.304 e. The molecule has 0 aliphatic heterocycles. The summed E-state index contributed by atoms with van der Waals surface area (Å²) < 4.78 is 25.9. The molecule has 0 atom stereocenters. The van der Waals surface area contributed by atoms with E-state index in [-0.39, 0.29) is 5.91 Å². The highest BCUT2D eigenvalue weighted by Crippen LogP contribution is 2.24. The van der Waals surface area contributed by atoms with Crippen LogP contribution in [-0.4, -0.2) is 31.2 Å². The lowest BCUT2D eigenvalue weighted by atomic mass is 10.1. The van der Waals surface area contributed by atoms with Crippen molar-refractivity contribution in [3.8, 4) is 0 Å². The number of hydrogen-bond acceptors (Lipinski definition) is 4. The van der Waals surface area contributed by atoms with Crippen molar-refractivity contribution in [3.63, 3.8) is 0 Å². The number of carbonyl (C=O) groups is 2. The molecule has 21 heavy (non-hydrogen) atoms. The molecule has 1 aromatic carbocycles. The van der Waals surface area contributed by atoms with Crippen molar-refractivity contribution >= 4 is 33.3 Å². The number of aliphatic carboxylic acids is 1. The van der Waals surface area contributed by atoms with E-state index >= 15 is 0 Å². The second-order valence-electron chi connectivity index (χ2n) is 4.44. The van der Waals surface area contributed by atoms with Crippen LogP contribution in [0.3, 0.4) is 0 Å². The fourth-order valence-electron chi connectivity index (χ4n) is 1.56. The van der Waals surface area contributed by atoms with Crippen molar-refractivity contribution < 1.29 is 23.1 Å². The van der Waals surface area contributed by atoms with Crippen LogP contribution in [0.15, 0.2) is 18.2 Å². The van der Waals surface area contributed by atoms with Gasteiger partial charge in [-0.25, -0.2) is 8.42 Å². The van der Waals surface area contributed by atoms with Gasteiger partial charge in [0.2, 0.25) is 15.9 Å². The van der Waals surface area contributed by atoms with Gasteiger partial charge in [-0.05, 0) is 24.6 Å². The van der Waals surface area contributed by atoms with Crippen LogP contribution in [0.5, 0.6) is 0 Å². The third-order valence-electron chi connectivity index (χ3n) is 2.78. The molecule has 0 saturated heterocycles. The highest BCUT2D eigenvalue weighted by molar-refractivity contribution is 7.92. The molecule has 8 heteroatoms. The van der Waals surface area contributed by atoms with Crippen LogP contribution < -0.4 is 10.0 Å². The number of sulfonamides is 1. The number of hydrogen-bond donors (Lipinski definition) is 3. The normalized spacial score (nSPS) is 11.0. The largest absolute Gasteiger partial charge is 0.481 e. The van der Waals surface area contributed by atoms with E-state index in [0.29, 0.717) is 23.4 Å². The maximum absolute atomic E-state index is 11.8. The van der Waals surface area contributed by atoms with Crippen molar-refractivity contribution in [1.82, 2.24) is 0 Å². The first-order chi connectivity index (χ1) is 9.75. The zero-order chi connectivity index (χ0) is 16.0. The number of anilines is 2. The predicted molar refractivity (Wildman–Crippen MR) is 79.8 cm³/mol. The average molecular weight is 314 g/mol. The van der Waals surface area contributed by atoms with Crippen molar-refractivity contribution in [2.75, 3.05) is 15.8 Å². The predicted octanol–water partition coefficient (Wildman–Crippen LogP) is 1.56. The van der Waals surface area contributed by atoms with Crippen LogP contribution in [0.25, 0.3) is 0 Å². The van der Waals surface area contributed by atoms with Crippen LogP contribution in [-0.2, 0) is 19.6 Å². The topological polar surface area (TPSA) is 113 Å². The van der Waals surface area contributed by atoms with Crippen LogP contribution in [0, 0.1) is 6.92 Å². The maximum atomic E-state index is 11.8. The molecule has 116 valence electrons. The summed E-state index contributed by atoms with van der Waals surface area (Å²) in [5.74, 6) is -1.86. The third kappa shape index (κ3) is 5.42. The number of amides is 1. The highest BCUT2D eigenvalue weighted by Gasteiger charge is 2.15.